The van der Waals surface area contributed by atoms with Gasteiger partial charge in [0.15, 0.2) is 5.75 Å². The minimum Gasteiger partial charge on any atom is -0.491 e. The Morgan fingerprint density at radius 2 is 1.79 bits per heavy atom. The Hall–Kier alpha value is -4.73. The van der Waals surface area contributed by atoms with E-state index in [-0.39, 0.29) is 11.7 Å². The fraction of sp³-hybridized carbons (Fsp3) is 0.250. The first-order valence-corrected chi connectivity index (χ1v) is 12.2. The van der Waals surface area contributed by atoms with Crippen LogP contribution < -0.4 is 25.3 Å². The van der Waals surface area contributed by atoms with E-state index < -0.39 is 6.09 Å². The third kappa shape index (κ3) is 6.73. The first-order chi connectivity index (χ1) is 18.4. The molecule has 4 aromatic rings. The van der Waals surface area contributed by atoms with Crippen LogP contribution in [0.5, 0.6) is 17.4 Å². The maximum atomic E-state index is 12.4. The summed E-state index contributed by atoms with van der Waals surface area (Å²) in [5.74, 6) is 1.25. The number of hydrogen-bond acceptors (Lipinski definition) is 8. The molecule has 2 aromatic heterocycles. The summed E-state index contributed by atoms with van der Waals surface area (Å²) in [6.45, 7) is 2.41. The van der Waals surface area contributed by atoms with E-state index in [1.165, 1.54) is 6.33 Å². The number of nitrogens with zero attached hydrogens (tertiary/aromatic N) is 3. The van der Waals surface area contributed by atoms with Crippen molar-refractivity contribution in [2.45, 2.75) is 32.6 Å². The first-order valence-electron chi connectivity index (χ1n) is 12.2. The molecule has 0 spiro atoms. The molecule has 0 atom stereocenters. The predicted octanol–water partition coefficient (Wildman–Crippen LogP) is 5.04. The molecule has 2 aromatic carbocycles. The number of aromatic nitrogens is 3. The van der Waals surface area contributed by atoms with Gasteiger partial charge in [-0.3, -0.25) is 4.79 Å². The second kappa shape index (κ2) is 12.5. The minimum atomic E-state index is -0.938. The number of amides is 2. The summed E-state index contributed by atoms with van der Waals surface area (Å²) in [4.78, 5) is 36.5. The Morgan fingerprint density at radius 3 is 2.55 bits per heavy atom. The molecule has 0 saturated heterocycles. The number of para-hydroxylation sites is 2. The largest absolute Gasteiger partial charge is 0.491 e. The first kappa shape index (κ1) is 26.3. The molecule has 0 fully saturated rings. The van der Waals surface area contributed by atoms with E-state index >= 15 is 0 Å². The van der Waals surface area contributed by atoms with Crippen molar-refractivity contribution in [2.24, 2.45) is 5.73 Å². The van der Waals surface area contributed by atoms with Gasteiger partial charge in [0.1, 0.15) is 17.6 Å². The van der Waals surface area contributed by atoms with Gasteiger partial charge >= 0.3 is 6.09 Å². The highest BCUT2D eigenvalue weighted by molar-refractivity contribution is 5.93. The molecule has 3 N–H and O–H groups in total. The lowest BCUT2D eigenvalue weighted by atomic mass is 10.0. The quantitative estimate of drug-likeness (QED) is 0.265. The van der Waals surface area contributed by atoms with Gasteiger partial charge in [-0.2, -0.15) is 0 Å². The number of ether oxygens (including phenoxy) is 3. The van der Waals surface area contributed by atoms with E-state index in [2.05, 4.69) is 20.3 Å². The average Bonchev–Trinajstić information content (AvgIpc) is 2.91. The second-order valence-electron chi connectivity index (χ2n) is 8.54. The van der Waals surface area contributed by atoms with Crippen LogP contribution in [0.4, 0.5) is 10.5 Å². The van der Waals surface area contributed by atoms with Crippen molar-refractivity contribution in [1.82, 2.24) is 15.0 Å². The summed E-state index contributed by atoms with van der Waals surface area (Å²) in [5, 5.41) is 3.67. The molecule has 0 unspecified atom stereocenters. The molecule has 0 radical (unpaired) electrons. The highest BCUT2D eigenvalue weighted by Crippen LogP contribution is 2.33. The van der Waals surface area contributed by atoms with E-state index in [4.69, 9.17) is 19.9 Å². The average molecular weight is 516 g/mol. The Labute approximate surface area is 220 Å². The Kier molecular flexibility index (Phi) is 8.65. The summed E-state index contributed by atoms with van der Waals surface area (Å²) in [6.07, 6.45) is 4.90. The number of nitrogens with one attached hydrogen (secondary N) is 1. The SMILES string of the molecule is COc1ccc(-c2cc(OCCCCCC(=O)Nc3ccccc3OC(N)=O)c3ncnc(C)c3c2)cn1. The molecule has 10 heteroatoms. The number of fused-ring (bicyclic) bond motifs is 1. The van der Waals surface area contributed by atoms with Gasteiger partial charge < -0.3 is 25.3 Å². The van der Waals surface area contributed by atoms with Gasteiger partial charge in [-0.1, -0.05) is 12.1 Å². The molecule has 0 aliphatic rings. The van der Waals surface area contributed by atoms with Crippen molar-refractivity contribution in [1.29, 1.82) is 0 Å². The highest BCUT2D eigenvalue weighted by Gasteiger charge is 2.12. The summed E-state index contributed by atoms with van der Waals surface area (Å²) >= 11 is 0. The van der Waals surface area contributed by atoms with Gasteiger partial charge in [0.05, 0.1) is 19.4 Å². The van der Waals surface area contributed by atoms with E-state index in [0.717, 1.165) is 40.6 Å². The standard InChI is InChI=1S/C28H29N5O5/c1-18-21-14-20(19-11-12-26(36-2)30-16-19)15-24(27(21)32-17-31-18)37-13-7-3-4-10-25(34)33-22-8-5-6-9-23(22)38-28(29)35/h5-6,8-9,11-12,14-17H,3-4,7,10,13H2,1-2H3,(H2,29,35)(H,33,34). The molecule has 0 aliphatic carbocycles. The van der Waals surface area contributed by atoms with E-state index in [1.807, 2.05) is 31.2 Å². The van der Waals surface area contributed by atoms with Crippen LogP contribution in [0.1, 0.15) is 31.4 Å². The lowest BCUT2D eigenvalue weighted by molar-refractivity contribution is -0.116. The van der Waals surface area contributed by atoms with E-state index in [9.17, 15) is 9.59 Å². The number of anilines is 1. The lowest BCUT2D eigenvalue weighted by Gasteiger charge is -2.13. The van der Waals surface area contributed by atoms with Crippen molar-refractivity contribution < 1.29 is 23.8 Å². The molecule has 10 nitrogen and oxygen atoms in total. The number of pyridine rings is 1. The van der Waals surface area contributed by atoms with Crippen LogP contribution in [0.25, 0.3) is 22.0 Å². The maximum absolute atomic E-state index is 12.4. The summed E-state index contributed by atoms with van der Waals surface area (Å²) in [5.41, 5.74) is 8.95. The number of unbranched alkanes of at least 4 members (excludes halogenated alkanes) is 2. The molecule has 0 saturated carbocycles. The predicted molar refractivity (Wildman–Crippen MR) is 143 cm³/mol. The molecule has 2 amide bonds. The zero-order chi connectivity index (χ0) is 26.9. The van der Waals surface area contributed by atoms with E-state index in [1.54, 1.807) is 37.6 Å². The van der Waals surface area contributed by atoms with Crippen LogP contribution in [0.15, 0.2) is 61.1 Å². The molecule has 2 heterocycles. The minimum absolute atomic E-state index is 0.176. The van der Waals surface area contributed by atoms with Crippen molar-refractivity contribution >= 4 is 28.6 Å². The van der Waals surface area contributed by atoms with Gasteiger partial charge in [0.25, 0.3) is 0 Å². The molecular formula is C28H29N5O5. The normalized spacial score (nSPS) is 10.7. The number of primary amides is 1. The fourth-order valence-corrected chi connectivity index (χ4v) is 3.93. The molecular weight excluding hydrogens is 486 g/mol. The van der Waals surface area contributed by atoms with Crippen LogP contribution in [-0.2, 0) is 4.79 Å². The molecule has 196 valence electrons. The summed E-state index contributed by atoms with van der Waals surface area (Å²) in [6, 6.07) is 14.4. The van der Waals surface area contributed by atoms with Crippen LogP contribution in [0.3, 0.4) is 0 Å². The Morgan fingerprint density at radius 1 is 0.947 bits per heavy atom. The monoisotopic (exact) mass is 515 g/mol. The molecule has 38 heavy (non-hydrogen) atoms. The van der Waals surface area contributed by atoms with Gasteiger partial charge in [-0.05, 0) is 62.1 Å². The number of carbonyl (C=O) groups excluding carboxylic acids is 2. The van der Waals surface area contributed by atoms with Crippen molar-refractivity contribution in [2.75, 3.05) is 19.0 Å². The molecule has 0 bridgehead atoms. The van der Waals surface area contributed by atoms with Gasteiger partial charge in [-0.25, -0.2) is 19.7 Å². The zero-order valence-corrected chi connectivity index (χ0v) is 21.3. The van der Waals surface area contributed by atoms with Gasteiger partial charge in [0.2, 0.25) is 11.8 Å². The zero-order valence-electron chi connectivity index (χ0n) is 21.3. The van der Waals surface area contributed by atoms with Crippen LogP contribution >= 0.6 is 0 Å². The van der Waals surface area contributed by atoms with Crippen molar-refractivity contribution in [3.63, 3.8) is 0 Å². The second-order valence-corrected chi connectivity index (χ2v) is 8.54. The summed E-state index contributed by atoms with van der Waals surface area (Å²) in [7, 11) is 1.58. The number of carbonyl (C=O) groups is 2. The molecule has 0 aliphatic heterocycles. The van der Waals surface area contributed by atoms with Crippen LogP contribution in [-0.4, -0.2) is 40.7 Å². The number of aryl methyl sites for hydroxylation is 1. The van der Waals surface area contributed by atoms with E-state index in [0.29, 0.717) is 36.8 Å². The maximum Gasteiger partial charge on any atom is 0.410 e. The van der Waals surface area contributed by atoms with Crippen LogP contribution in [0, 0.1) is 6.92 Å². The smallest absolute Gasteiger partial charge is 0.410 e. The van der Waals surface area contributed by atoms with Crippen LogP contribution in [0.2, 0.25) is 0 Å². The van der Waals surface area contributed by atoms with Crippen molar-refractivity contribution in [3.8, 4) is 28.5 Å². The molecule has 4 rings (SSSR count). The van der Waals surface area contributed by atoms with Gasteiger partial charge in [0, 0.05) is 35.3 Å². The van der Waals surface area contributed by atoms with Crippen molar-refractivity contribution in [3.05, 3.63) is 66.7 Å². The van der Waals surface area contributed by atoms with Gasteiger partial charge in [-0.15, -0.1) is 0 Å². The third-order valence-corrected chi connectivity index (χ3v) is 5.86. The highest BCUT2D eigenvalue weighted by atomic mass is 16.5. The third-order valence-electron chi connectivity index (χ3n) is 5.86. The Bertz CT molecular complexity index is 1430. The summed E-state index contributed by atoms with van der Waals surface area (Å²) < 4.78 is 16.2. The lowest BCUT2D eigenvalue weighted by Crippen LogP contribution is -2.18. The fourth-order valence-electron chi connectivity index (χ4n) is 3.93. The number of benzene rings is 2. The number of rotatable bonds is 11. The topological polar surface area (TPSA) is 139 Å². The number of hydrogen-bond donors (Lipinski definition) is 2. The Balaban J connectivity index is 1.33. The number of methoxy groups -OCH3 is 1. The number of nitrogens with two attached hydrogens (primary N) is 1.